The van der Waals surface area contributed by atoms with Crippen molar-refractivity contribution in [3.63, 3.8) is 0 Å². The minimum Gasteiger partial charge on any atom is -0.354 e. The Morgan fingerprint density at radius 1 is 0.429 bits per heavy atom. The molecule has 0 bridgehead atoms. The van der Waals surface area contributed by atoms with Crippen molar-refractivity contribution in [2.75, 3.05) is 4.90 Å². The molecule has 1 aromatic heterocycles. The van der Waals surface area contributed by atoms with E-state index < -0.39 is 0 Å². The lowest BCUT2D eigenvalue weighted by Crippen LogP contribution is -2.16. The van der Waals surface area contributed by atoms with Crippen LogP contribution in [0.1, 0.15) is 25.0 Å². The SMILES string of the molecule is CC1(C)c2ccccc2-c2ccc(N(c3ccc(-c4ccccc4)cc3)c3ccc(-c4c(-c5ccccc5)[nH]c5ccccc45)cc3)cc21. The smallest absolute Gasteiger partial charge is 0.0544 e. The predicted octanol–water partition coefficient (Wildman–Crippen LogP) is 12.9. The van der Waals surface area contributed by atoms with E-state index in [0.717, 1.165) is 28.3 Å². The number of anilines is 3. The summed E-state index contributed by atoms with van der Waals surface area (Å²) in [4.78, 5) is 6.11. The molecule has 2 heteroatoms. The number of nitrogens with one attached hydrogen (secondary N) is 1. The highest BCUT2D eigenvalue weighted by molar-refractivity contribution is 6.04. The van der Waals surface area contributed by atoms with Crippen LogP contribution in [-0.2, 0) is 5.41 Å². The number of hydrogen-bond acceptors (Lipinski definition) is 1. The molecule has 234 valence electrons. The molecule has 0 amide bonds. The number of hydrogen-bond donors (Lipinski definition) is 1. The normalized spacial score (nSPS) is 12.9. The van der Waals surface area contributed by atoms with Crippen LogP contribution in [-0.4, -0.2) is 4.98 Å². The van der Waals surface area contributed by atoms with E-state index in [1.54, 1.807) is 0 Å². The lowest BCUT2D eigenvalue weighted by atomic mass is 9.82. The second kappa shape index (κ2) is 11.5. The van der Waals surface area contributed by atoms with Gasteiger partial charge >= 0.3 is 0 Å². The molecule has 0 unspecified atom stereocenters. The number of benzene rings is 7. The number of nitrogens with zero attached hydrogens (tertiary/aromatic N) is 1. The van der Waals surface area contributed by atoms with Gasteiger partial charge in [-0.2, -0.15) is 0 Å². The van der Waals surface area contributed by atoms with Gasteiger partial charge in [0, 0.05) is 38.9 Å². The fraction of sp³-hybridized carbons (Fsp3) is 0.0638. The van der Waals surface area contributed by atoms with Gasteiger partial charge in [0.2, 0.25) is 0 Å². The number of para-hydroxylation sites is 1. The summed E-state index contributed by atoms with van der Waals surface area (Å²) < 4.78 is 0. The summed E-state index contributed by atoms with van der Waals surface area (Å²) in [5, 5.41) is 1.22. The maximum absolute atomic E-state index is 3.72. The van der Waals surface area contributed by atoms with Crippen LogP contribution < -0.4 is 4.90 Å². The standard InChI is InChI=1S/C47H36N2/c1-47(2)42-19-11-9-17-39(42)40-30-29-38(31-43(40)47)49(36-25-21-33(22-26-36)32-13-5-3-6-14-32)37-27-23-34(24-28-37)45-41-18-10-12-20-44(41)48-46(45)35-15-7-4-8-16-35/h3-31,48H,1-2H3. The predicted molar refractivity (Wildman–Crippen MR) is 207 cm³/mol. The zero-order valence-corrected chi connectivity index (χ0v) is 27.7. The maximum Gasteiger partial charge on any atom is 0.0544 e. The zero-order chi connectivity index (χ0) is 33.0. The highest BCUT2D eigenvalue weighted by Crippen LogP contribution is 2.51. The minimum atomic E-state index is -0.0855. The van der Waals surface area contributed by atoms with Gasteiger partial charge < -0.3 is 9.88 Å². The lowest BCUT2D eigenvalue weighted by molar-refractivity contribution is 0.660. The molecule has 0 fully saturated rings. The fourth-order valence-electron chi connectivity index (χ4n) is 7.75. The Morgan fingerprint density at radius 3 is 1.67 bits per heavy atom. The molecule has 1 aliphatic carbocycles. The molecule has 8 aromatic rings. The topological polar surface area (TPSA) is 19.0 Å². The molecule has 0 radical (unpaired) electrons. The highest BCUT2D eigenvalue weighted by atomic mass is 15.1. The van der Waals surface area contributed by atoms with Crippen LogP contribution in [0.2, 0.25) is 0 Å². The van der Waals surface area contributed by atoms with Crippen LogP contribution in [0.25, 0.3) is 55.5 Å². The third kappa shape index (κ3) is 4.88. The largest absolute Gasteiger partial charge is 0.354 e. The Hall–Kier alpha value is -6.12. The number of fused-ring (bicyclic) bond motifs is 4. The van der Waals surface area contributed by atoms with Gasteiger partial charge in [0.15, 0.2) is 0 Å². The molecule has 0 saturated heterocycles. The van der Waals surface area contributed by atoms with Crippen molar-refractivity contribution < 1.29 is 0 Å². The molecule has 1 aliphatic rings. The average Bonchev–Trinajstić information content (AvgIpc) is 3.66. The van der Waals surface area contributed by atoms with Crippen molar-refractivity contribution >= 4 is 28.0 Å². The number of H-pyrrole nitrogens is 1. The summed E-state index contributed by atoms with van der Waals surface area (Å²) in [5.41, 5.74) is 17.0. The molecule has 9 rings (SSSR count). The molecule has 49 heavy (non-hydrogen) atoms. The second-order valence-electron chi connectivity index (χ2n) is 13.5. The summed E-state index contributed by atoms with van der Waals surface area (Å²) in [5.74, 6) is 0. The number of aromatic nitrogens is 1. The minimum absolute atomic E-state index is 0.0855. The third-order valence-corrected chi connectivity index (χ3v) is 10.2. The van der Waals surface area contributed by atoms with Crippen molar-refractivity contribution in [3.05, 3.63) is 187 Å². The maximum atomic E-state index is 3.72. The Kier molecular flexibility index (Phi) is 6.84. The van der Waals surface area contributed by atoms with Gasteiger partial charge in [0.25, 0.3) is 0 Å². The summed E-state index contributed by atoms with van der Waals surface area (Å²) in [7, 11) is 0. The van der Waals surface area contributed by atoms with E-state index >= 15 is 0 Å². The van der Waals surface area contributed by atoms with Gasteiger partial charge in [-0.25, -0.2) is 0 Å². The van der Waals surface area contributed by atoms with Crippen LogP contribution in [0, 0.1) is 0 Å². The van der Waals surface area contributed by atoms with Crippen LogP contribution in [0.5, 0.6) is 0 Å². The number of rotatable bonds is 6. The van der Waals surface area contributed by atoms with E-state index in [1.807, 2.05) is 0 Å². The fourth-order valence-corrected chi connectivity index (χ4v) is 7.75. The van der Waals surface area contributed by atoms with E-state index in [1.165, 1.54) is 55.5 Å². The van der Waals surface area contributed by atoms with Crippen LogP contribution in [0.15, 0.2) is 176 Å². The van der Waals surface area contributed by atoms with Gasteiger partial charge in [-0.05, 0) is 87.0 Å². The molecule has 0 aliphatic heterocycles. The van der Waals surface area contributed by atoms with Crippen molar-refractivity contribution in [2.45, 2.75) is 19.3 Å². The summed E-state index contributed by atoms with van der Waals surface area (Å²) >= 11 is 0. The van der Waals surface area contributed by atoms with Crippen molar-refractivity contribution in [3.8, 4) is 44.6 Å². The second-order valence-corrected chi connectivity index (χ2v) is 13.5. The Bertz CT molecular complexity index is 2430. The van der Waals surface area contributed by atoms with Gasteiger partial charge in [-0.3, -0.25) is 0 Å². The van der Waals surface area contributed by atoms with E-state index in [4.69, 9.17) is 0 Å². The number of aromatic amines is 1. The van der Waals surface area contributed by atoms with Crippen molar-refractivity contribution in [2.24, 2.45) is 0 Å². The Balaban J connectivity index is 1.17. The first-order valence-corrected chi connectivity index (χ1v) is 17.0. The Labute approximate surface area is 288 Å². The third-order valence-electron chi connectivity index (χ3n) is 10.2. The molecule has 0 spiro atoms. The van der Waals surface area contributed by atoms with Crippen molar-refractivity contribution in [1.82, 2.24) is 4.98 Å². The molecule has 1 heterocycles. The van der Waals surface area contributed by atoms with Crippen molar-refractivity contribution in [1.29, 1.82) is 0 Å². The molecule has 0 atom stereocenters. The van der Waals surface area contributed by atoms with Gasteiger partial charge in [0.05, 0.1) is 5.69 Å². The first-order valence-electron chi connectivity index (χ1n) is 17.0. The van der Waals surface area contributed by atoms with Crippen LogP contribution in [0.3, 0.4) is 0 Å². The molecule has 2 nitrogen and oxygen atoms in total. The molecule has 7 aromatic carbocycles. The van der Waals surface area contributed by atoms with E-state index in [2.05, 4.69) is 200 Å². The van der Waals surface area contributed by atoms with E-state index in [0.29, 0.717) is 0 Å². The lowest BCUT2D eigenvalue weighted by Gasteiger charge is -2.28. The highest BCUT2D eigenvalue weighted by Gasteiger charge is 2.35. The van der Waals surface area contributed by atoms with Crippen LogP contribution in [0.4, 0.5) is 17.1 Å². The zero-order valence-electron chi connectivity index (χ0n) is 27.7. The van der Waals surface area contributed by atoms with E-state index in [-0.39, 0.29) is 5.41 Å². The summed E-state index contributed by atoms with van der Waals surface area (Å²) in [6, 6.07) is 63.7. The molecular formula is C47H36N2. The monoisotopic (exact) mass is 628 g/mol. The average molecular weight is 629 g/mol. The quantitative estimate of drug-likeness (QED) is 0.194. The molecule has 0 saturated carbocycles. The van der Waals surface area contributed by atoms with Crippen LogP contribution >= 0.6 is 0 Å². The van der Waals surface area contributed by atoms with Gasteiger partial charge in [-0.15, -0.1) is 0 Å². The summed E-state index contributed by atoms with van der Waals surface area (Å²) in [6.07, 6.45) is 0. The van der Waals surface area contributed by atoms with Gasteiger partial charge in [0.1, 0.15) is 0 Å². The molecular weight excluding hydrogens is 593 g/mol. The Morgan fingerprint density at radius 2 is 0.959 bits per heavy atom. The van der Waals surface area contributed by atoms with E-state index in [9.17, 15) is 0 Å². The first kappa shape index (κ1) is 29.1. The van der Waals surface area contributed by atoms with Gasteiger partial charge in [-0.1, -0.05) is 147 Å². The first-order chi connectivity index (χ1) is 24.1. The molecule has 1 N–H and O–H groups in total. The summed E-state index contributed by atoms with van der Waals surface area (Å²) in [6.45, 7) is 4.70.